The van der Waals surface area contributed by atoms with Gasteiger partial charge in [-0.1, -0.05) is 31.6 Å². The van der Waals surface area contributed by atoms with Crippen LogP contribution in [0.1, 0.15) is 33.6 Å². The van der Waals surface area contributed by atoms with Crippen molar-refractivity contribution in [2.45, 2.75) is 33.6 Å². The molecule has 0 saturated heterocycles. The number of rotatable bonds is 4. The van der Waals surface area contributed by atoms with E-state index in [1.54, 1.807) is 0 Å². The molecule has 58 valence electrons. The molecule has 0 rings (SSSR count). The predicted octanol–water partition coefficient (Wildman–Crippen LogP) is 3.55. The lowest BCUT2D eigenvalue weighted by atomic mass is 10.1. The normalized spacial score (nSPS) is 14.9. The quantitative estimate of drug-likeness (QED) is 0.521. The van der Waals surface area contributed by atoms with Gasteiger partial charge in [0.25, 0.3) is 0 Å². The zero-order chi connectivity index (χ0) is 7.98. The third-order valence-electron chi connectivity index (χ3n) is 1.80. The SMILES string of the molecule is C=CC(C)C/C=C(/C)CC. The summed E-state index contributed by atoms with van der Waals surface area (Å²) in [7, 11) is 0. The van der Waals surface area contributed by atoms with Crippen molar-refractivity contribution in [3.05, 3.63) is 24.3 Å². The third-order valence-corrected chi connectivity index (χ3v) is 1.80. The summed E-state index contributed by atoms with van der Waals surface area (Å²) in [6, 6.07) is 0. The van der Waals surface area contributed by atoms with Crippen molar-refractivity contribution in [1.29, 1.82) is 0 Å². The van der Waals surface area contributed by atoms with E-state index in [0.717, 1.165) is 6.42 Å². The molecule has 0 heterocycles. The molecule has 0 aliphatic carbocycles. The summed E-state index contributed by atoms with van der Waals surface area (Å²) in [5.41, 5.74) is 1.48. The van der Waals surface area contributed by atoms with Crippen molar-refractivity contribution in [3.8, 4) is 0 Å². The Morgan fingerprint density at radius 2 is 2.20 bits per heavy atom. The first-order chi connectivity index (χ1) is 4.70. The van der Waals surface area contributed by atoms with Gasteiger partial charge in [-0.25, -0.2) is 0 Å². The molecule has 1 atom stereocenters. The van der Waals surface area contributed by atoms with E-state index in [9.17, 15) is 0 Å². The highest BCUT2D eigenvalue weighted by Gasteiger charge is 1.91. The Kier molecular flexibility index (Phi) is 5.00. The highest BCUT2D eigenvalue weighted by Crippen LogP contribution is 2.07. The minimum atomic E-state index is 0.626. The van der Waals surface area contributed by atoms with Gasteiger partial charge in [0.2, 0.25) is 0 Å². The highest BCUT2D eigenvalue weighted by atomic mass is 14.0. The second kappa shape index (κ2) is 5.28. The summed E-state index contributed by atoms with van der Waals surface area (Å²) in [5, 5.41) is 0. The second-order valence-corrected chi connectivity index (χ2v) is 2.85. The van der Waals surface area contributed by atoms with Gasteiger partial charge < -0.3 is 0 Å². The lowest BCUT2D eigenvalue weighted by Crippen LogP contribution is -1.85. The van der Waals surface area contributed by atoms with Crippen molar-refractivity contribution in [2.24, 2.45) is 5.92 Å². The van der Waals surface area contributed by atoms with Crippen LogP contribution in [-0.2, 0) is 0 Å². The van der Waals surface area contributed by atoms with Gasteiger partial charge in [-0.3, -0.25) is 0 Å². The van der Waals surface area contributed by atoms with Crippen LogP contribution in [0, 0.1) is 5.92 Å². The second-order valence-electron chi connectivity index (χ2n) is 2.85. The average Bonchev–Trinajstić information content (AvgIpc) is 1.99. The topological polar surface area (TPSA) is 0 Å². The fraction of sp³-hybridized carbons (Fsp3) is 0.600. The average molecular weight is 138 g/mol. The van der Waals surface area contributed by atoms with Gasteiger partial charge in [-0.05, 0) is 25.7 Å². The molecule has 0 heteroatoms. The van der Waals surface area contributed by atoms with Crippen LogP contribution in [0.2, 0.25) is 0 Å². The minimum absolute atomic E-state index is 0.626. The molecular formula is C10H18. The van der Waals surface area contributed by atoms with Gasteiger partial charge in [0.1, 0.15) is 0 Å². The lowest BCUT2D eigenvalue weighted by Gasteiger charge is -2.00. The first kappa shape index (κ1) is 9.48. The van der Waals surface area contributed by atoms with Crippen molar-refractivity contribution >= 4 is 0 Å². The molecule has 0 aliphatic rings. The first-order valence-electron chi connectivity index (χ1n) is 3.98. The Morgan fingerprint density at radius 1 is 1.60 bits per heavy atom. The monoisotopic (exact) mass is 138 g/mol. The minimum Gasteiger partial charge on any atom is -0.103 e. The largest absolute Gasteiger partial charge is 0.103 e. The predicted molar refractivity (Wildman–Crippen MR) is 48.0 cm³/mol. The van der Waals surface area contributed by atoms with Crippen LogP contribution in [0.3, 0.4) is 0 Å². The lowest BCUT2D eigenvalue weighted by molar-refractivity contribution is 0.740. The Hall–Kier alpha value is -0.520. The fourth-order valence-corrected chi connectivity index (χ4v) is 0.628. The molecule has 0 aromatic rings. The summed E-state index contributed by atoms with van der Waals surface area (Å²) in [5.74, 6) is 0.626. The highest BCUT2D eigenvalue weighted by molar-refractivity contribution is 4.98. The van der Waals surface area contributed by atoms with Crippen molar-refractivity contribution in [2.75, 3.05) is 0 Å². The molecular weight excluding hydrogens is 120 g/mol. The maximum atomic E-state index is 3.74. The molecule has 0 bridgehead atoms. The molecule has 0 fully saturated rings. The summed E-state index contributed by atoms with van der Waals surface area (Å²) >= 11 is 0. The number of hydrogen-bond acceptors (Lipinski definition) is 0. The van der Waals surface area contributed by atoms with Gasteiger partial charge in [0.15, 0.2) is 0 Å². The van der Waals surface area contributed by atoms with E-state index < -0.39 is 0 Å². The standard InChI is InChI=1S/C10H18/c1-5-9(3)7-8-10(4)6-2/h5,8-9H,1,6-7H2,2-4H3/b10-8-. The van der Waals surface area contributed by atoms with Gasteiger partial charge in [-0.2, -0.15) is 0 Å². The Balaban J connectivity index is 3.60. The van der Waals surface area contributed by atoms with Crippen LogP contribution in [-0.4, -0.2) is 0 Å². The summed E-state index contributed by atoms with van der Waals surface area (Å²) in [6.45, 7) is 10.3. The first-order valence-corrected chi connectivity index (χ1v) is 3.98. The van der Waals surface area contributed by atoms with E-state index in [0.29, 0.717) is 5.92 Å². The van der Waals surface area contributed by atoms with E-state index >= 15 is 0 Å². The molecule has 0 aromatic carbocycles. The van der Waals surface area contributed by atoms with Crippen molar-refractivity contribution in [3.63, 3.8) is 0 Å². The molecule has 10 heavy (non-hydrogen) atoms. The Labute approximate surface area is 64.6 Å². The van der Waals surface area contributed by atoms with E-state index in [2.05, 4.69) is 33.4 Å². The van der Waals surface area contributed by atoms with Crippen molar-refractivity contribution < 1.29 is 0 Å². The maximum Gasteiger partial charge on any atom is -0.0230 e. The molecule has 0 spiro atoms. The number of hydrogen-bond donors (Lipinski definition) is 0. The fourth-order valence-electron chi connectivity index (χ4n) is 0.628. The molecule has 0 amide bonds. The van der Waals surface area contributed by atoms with Crippen LogP contribution in [0.15, 0.2) is 24.3 Å². The van der Waals surface area contributed by atoms with E-state index in [4.69, 9.17) is 0 Å². The van der Waals surface area contributed by atoms with Crippen molar-refractivity contribution in [1.82, 2.24) is 0 Å². The molecule has 0 saturated carbocycles. The Morgan fingerprint density at radius 3 is 2.60 bits per heavy atom. The molecule has 0 aliphatic heterocycles. The molecule has 0 nitrogen and oxygen atoms in total. The summed E-state index contributed by atoms with van der Waals surface area (Å²) in [6.07, 6.45) is 6.61. The zero-order valence-corrected chi connectivity index (χ0v) is 7.35. The van der Waals surface area contributed by atoms with Gasteiger partial charge >= 0.3 is 0 Å². The number of allylic oxidation sites excluding steroid dienone is 3. The van der Waals surface area contributed by atoms with Gasteiger partial charge in [-0.15, -0.1) is 6.58 Å². The van der Waals surface area contributed by atoms with Gasteiger partial charge in [0, 0.05) is 0 Å². The molecule has 0 N–H and O–H groups in total. The van der Waals surface area contributed by atoms with Crippen LogP contribution >= 0.6 is 0 Å². The van der Waals surface area contributed by atoms with Crippen LogP contribution in [0.4, 0.5) is 0 Å². The molecule has 1 unspecified atom stereocenters. The summed E-state index contributed by atoms with van der Waals surface area (Å²) < 4.78 is 0. The smallest absolute Gasteiger partial charge is 0.0230 e. The van der Waals surface area contributed by atoms with Crippen LogP contribution in [0.25, 0.3) is 0 Å². The van der Waals surface area contributed by atoms with Gasteiger partial charge in [0.05, 0.1) is 0 Å². The maximum absolute atomic E-state index is 3.74. The molecule has 0 radical (unpaired) electrons. The Bertz CT molecular complexity index is 120. The zero-order valence-electron chi connectivity index (χ0n) is 7.35. The van der Waals surface area contributed by atoms with E-state index in [-0.39, 0.29) is 0 Å². The molecule has 0 aromatic heterocycles. The van der Waals surface area contributed by atoms with Crippen LogP contribution in [0.5, 0.6) is 0 Å². The third kappa shape index (κ3) is 4.37. The van der Waals surface area contributed by atoms with E-state index in [1.807, 2.05) is 6.08 Å². The van der Waals surface area contributed by atoms with E-state index in [1.165, 1.54) is 12.0 Å². The van der Waals surface area contributed by atoms with Crippen LogP contribution < -0.4 is 0 Å². The summed E-state index contributed by atoms with van der Waals surface area (Å²) in [4.78, 5) is 0.